The fraction of sp³-hybridized carbons (Fsp3) is 0.250. The quantitative estimate of drug-likeness (QED) is 0.717. The highest BCUT2D eigenvalue weighted by Gasteiger charge is 2.24. The van der Waals surface area contributed by atoms with Gasteiger partial charge in [0.05, 0.1) is 5.69 Å². The van der Waals surface area contributed by atoms with Crippen molar-refractivity contribution in [1.29, 1.82) is 0 Å². The van der Waals surface area contributed by atoms with Crippen molar-refractivity contribution in [3.8, 4) is 22.8 Å². The number of thioether (sulfide) groups is 1. The maximum absolute atomic E-state index is 12.1. The summed E-state index contributed by atoms with van der Waals surface area (Å²) in [6.07, 6.45) is -1.17. The Kier molecular flexibility index (Phi) is 4.15. The zero-order valence-corrected chi connectivity index (χ0v) is 13.9. The van der Waals surface area contributed by atoms with Gasteiger partial charge in [-0.15, -0.1) is 11.8 Å². The summed E-state index contributed by atoms with van der Waals surface area (Å²) in [5.41, 5.74) is 2.04. The zero-order valence-electron chi connectivity index (χ0n) is 13.1. The van der Waals surface area contributed by atoms with Gasteiger partial charge in [-0.25, -0.2) is 4.79 Å². The summed E-state index contributed by atoms with van der Waals surface area (Å²) >= 11 is 1.62. The summed E-state index contributed by atoms with van der Waals surface area (Å²) < 4.78 is 4.43. The van der Waals surface area contributed by atoms with Crippen molar-refractivity contribution in [2.24, 2.45) is 0 Å². The maximum Gasteiger partial charge on any atom is 0.511 e. The molecule has 126 valence electrons. The predicted molar refractivity (Wildman–Crippen MR) is 91.6 cm³/mol. The van der Waals surface area contributed by atoms with Gasteiger partial charge in [-0.05, 0) is 24.6 Å². The topological polar surface area (TPSA) is 103 Å². The largest absolute Gasteiger partial charge is 0.511 e. The van der Waals surface area contributed by atoms with Crippen molar-refractivity contribution >= 4 is 23.6 Å². The van der Waals surface area contributed by atoms with Crippen molar-refractivity contribution in [1.82, 2.24) is 4.98 Å². The third-order valence-corrected chi connectivity index (χ3v) is 4.85. The second-order valence-corrected chi connectivity index (χ2v) is 6.66. The third kappa shape index (κ3) is 2.80. The molecule has 1 aromatic carbocycles. The lowest BCUT2D eigenvalue weighted by Gasteiger charge is -2.16. The van der Waals surface area contributed by atoms with Crippen molar-refractivity contribution in [3.63, 3.8) is 0 Å². The van der Waals surface area contributed by atoms with E-state index in [4.69, 9.17) is 5.11 Å². The van der Waals surface area contributed by atoms with E-state index in [-0.39, 0.29) is 0 Å². The summed E-state index contributed by atoms with van der Waals surface area (Å²) in [6, 6.07) is 5.83. The number of aromatic amines is 1. The van der Waals surface area contributed by atoms with E-state index >= 15 is 0 Å². The number of carboxylic acid groups (broad SMARTS) is 1. The molecule has 3 N–H and O–H groups in total. The minimum atomic E-state index is -1.64. The molecular formula is C16H16N2O5S. The van der Waals surface area contributed by atoms with E-state index in [0.29, 0.717) is 23.4 Å². The highest BCUT2D eigenvalue weighted by atomic mass is 32.2. The number of hydrogen-bond acceptors (Lipinski definition) is 6. The second-order valence-electron chi connectivity index (χ2n) is 5.53. The number of ether oxygens (including phenoxy) is 1. The van der Waals surface area contributed by atoms with Gasteiger partial charge in [0.25, 0.3) is 5.56 Å². The first kappa shape index (κ1) is 16.3. The molecule has 24 heavy (non-hydrogen) atoms. The second kappa shape index (κ2) is 6.12. The van der Waals surface area contributed by atoms with Crippen LogP contribution in [0.3, 0.4) is 0 Å². The molecule has 2 aromatic rings. The number of benzene rings is 1. The number of anilines is 1. The first-order chi connectivity index (χ1) is 11.4. The number of nitrogens with one attached hydrogen (secondary N) is 1. The molecule has 2 heterocycles. The zero-order chi connectivity index (χ0) is 17.4. The highest BCUT2D eigenvalue weighted by Crippen LogP contribution is 2.42. The Morgan fingerprint density at radius 2 is 2.12 bits per heavy atom. The summed E-state index contributed by atoms with van der Waals surface area (Å²) in [7, 11) is 3.89. The van der Waals surface area contributed by atoms with E-state index in [9.17, 15) is 14.7 Å². The Morgan fingerprint density at radius 3 is 2.79 bits per heavy atom. The smallest absolute Gasteiger partial charge is 0.504 e. The Morgan fingerprint density at radius 1 is 1.38 bits per heavy atom. The van der Waals surface area contributed by atoms with Crippen LogP contribution in [-0.4, -0.2) is 41.2 Å². The predicted octanol–water partition coefficient (Wildman–Crippen LogP) is 2.52. The van der Waals surface area contributed by atoms with Gasteiger partial charge in [0, 0.05) is 41.6 Å². The molecular weight excluding hydrogens is 332 g/mol. The van der Waals surface area contributed by atoms with Gasteiger partial charge >= 0.3 is 6.16 Å². The number of pyridine rings is 1. The number of aromatic nitrogens is 1. The van der Waals surface area contributed by atoms with Crippen molar-refractivity contribution < 1.29 is 19.7 Å². The van der Waals surface area contributed by atoms with Gasteiger partial charge in [-0.2, -0.15) is 0 Å². The van der Waals surface area contributed by atoms with Crippen LogP contribution in [-0.2, 0) is 6.42 Å². The summed E-state index contributed by atoms with van der Waals surface area (Å²) in [5, 5.41) is 19.1. The molecule has 3 rings (SSSR count). The van der Waals surface area contributed by atoms with Crippen molar-refractivity contribution in [2.75, 3.05) is 24.7 Å². The molecule has 0 saturated carbocycles. The molecule has 1 aliphatic rings. The fourth-order valence-electron chi connectivity index (χ4n) is 2.64. The normalized spacial score (nSPS) is 12.8. The fourth-order valence-corrected chi connectivity index (χ4v) is 3.70. The Labute approximate surface area is 141 Å². The van der Waals surface area contributed by atoms with Crippen LogP contribution in [0.15, 0.2) is 27.9 Å². The van der Waals surface area contributed by atoms with Gasteiger partial charge in [0.2, 0.25) is 5.75 Å². The van der Waals surface area contributed by atoms with Crippen LogP contribution in [0.4, 0.5) is 10.5 Å². The van der Waals surface area contributed by atoms with Gasteiger partial charge in [0.15, 0.2) is 5.75 Å². The van der Waals surface area contributed by atoms with Crippen LogP contribution < -0.4 is 15.2 Å². The monoisotopic (exact) mass is 348 g/mol. The maximum atomic E-state index is 12.1. The number of fused-ring (bicyclic) bond motifs is 3. The van der Waals surface area contributed by atoms with Gasteiger partial charge in [-0.1, -0.05) is 0 Å². The lowest BCUT2D eigenvalue weighted by molar-refractivity contribution is 0.142. The lowest BCUT2D eigenvalue weighted by atomic mass is 10.0. The molecule has 0 fully saturated rings. The molecule has 8 heteroatoms. The standard InChI is InChI=1S/C16H16N2O5S/c1-18(2)8-3-4-9-11(7-8)24-6-5-10-12(9)17-15(20)14(13(10)19)23-16(21)22/h3-4,7H,5-6H2,1-2H3,(H,21,22)(H2,17,19,20). The molecule has 7 nitrogen and oxygen atoms in total. The van der Waals surface area contributed by atoms with Crippen LogP contribution >= 0.6 is 11.8 Å². The van der Waals surface area contributed by atoms with Crippen LogP contribution in [0.2, 0.25) is 0 Å². The van der Waals surface area contributed by atoms with Crippen LogP contribution in [0.1, 0.15) is 5.56 Å². The van der Waals surface area contributed by atoms with E-state index in [1.807, 2.05) is 37.2 Å². The third-order valence-electron chi connectivity index (χ3n) is 3.80. The number of carbonyl (C=O) groups is 1. The molecule has 0 amide bonds. The summed E-state index contributed by atoms with van der Waals surface area (Å²) in [4.78, 5) is 28.5. The van der Waals surface area contributed by atoms with Crippen molar-refractivity contribution in [3.05, 3.63) is 34.1 Å². The van der Waals surface area contributed by atoms with Gasteiger partial charge in [-0.3, -0.25) is 4.79 Å². The Hall–Kier alpha value is -2.61. The molecule has 0 aliphatic carbocycles. The van der Waals surface area contributed by atoms with E-state index in [1.165, 1.54) is 0 Å². The Balaban J connectivity index is 2.20. The Bertz CT molecular complexity index is 876. The van der Waals surface area contributed by atoms with E-state index in [2.05, 4.69) is 9.72 Å². The number of nitrogens with zero attached hydrogens (tertiary/aromatic N) is 1. The minimum absolute atomic E-state index is 0.415. The summed E-state index contributed by atoms with van der Waals surface area (Å²) in [5.74, 6) is -0.316. The highest BCUT2D eigenvalue weighted by molar-refractivity contribution is 7.99. The molecule has 1 aromatic heterocycles. The minimum Gasteiger partial charge on any atom is -0.504 e. The van der Waals surface area contributed by atoms with Crippen LogP contribution in [0, 0.1) is 0 Å². The average molecular weight is 348 g/mol. The molecule has 0 spiro atoms. The first-order valence-electron chi connectivity index (χ1n) is 7.22. The molecule has 0 radical (unpaired) electrons. The van der Waals surface area contributed by atoms with Crippen molar-refractivity contribution in [2.45, 2.75) is 11.3 Å². The number of hydrogen-bond donors (Lipinski definition) is 3. The van der Waals surface area contributed by atoms with Gasteiger partial charge in [0.1, 0.15) is 0 Å². The molecule has 0 unspecified atom stereocenters. The molecule has 1 aliphatic heterocycles. The number of aromatic hydroxyl groups is 1. The first-order valence-corrected chi connectivity index (χ1v) is 8.20. The van der Waals surface area contributed by atoms with E-state index < -0.39 is 23.2 Å². The van der Waals surface area contributed by atoms with Crippen LogP contribution in [0.25, 0.3) is 11.3 Å². The van der Waals surface area contributed by atoms with Crippen LogP contribution in [0.5, 0.6) is 11.5 Å². The summed E-state index contributed by atoms with van der Waals surface area (Å²) in [6.45, 7) is 0. The molecule has 0 atom stereocenters. The molecule has 0 saturated heterocycles. The average Bonchev–Trinajstić information content (AvgIpc) is 2.70. The lowest BCUT2D eigenvalue weighted by Crippen LogP contribution is -2.17. The van der Waals surface area contributed by atoms with E-state index in [0.717, 1.165) is 16.1 Å². The van der Waals surface area contributed by atoms with E-state index in [1.54, 1.807) is 11.8 Å². The SMILES string of the molecule is CN(C)c1ccc2c(c1)SCCc1c-2[nH]c(=O)c(OC(=O)O)c1O. The number of rotatable bonds is 2. The number of H-pyrrole nitrogens is 1. The molecule has 0 bridgehead atoms. The van der Waals surface area contributed by atoms with Gasteiger partial charge < -0.3 is 24.8 Å².